The van der Waals surface area contributed by atoms with E-state index in [1.54, 1.807) is 16.7 Å². The Morgan fingerprint density at radius 3 is 2.41 bits per heavy atom. The summed E-state index contributed by atoms with van der Waals surface area (Å²) in [5, 5.41) is 0.621. The Hall–Kier alpha value is -3.19. The van der Waals surface area contributed by atoms with E-state index in [1.165, 1.54) is 14.2 Å². The average Bonchev–Trinajstić information content (AvgIpc) is 3.01. The summed E-state index contributed by atoms with van der Waals surface area (Å²) in [4.78, 5) is 25.2. The van der Waals surface area contributed by atoms with E-state index in [9.17, 15) is 9.59 Å². The number of thiocarbonyl (C=S) groups is 1. The van der Waals surface area contributed by atoms with Crippen molar-refractivity contribution in [1.82, 2.24) is 4.57 Å². The SMILES string of the molecule is COC(=O)c1c(C(=O)OC)n(Cc2cccc(C(N)=S)c2)c2ccccc12. The summed E-state index contributed by atoms with van der Waals surface area (Å²) in [5.74, 6) is -1.21. The van der Waals surface area contributed by atoms with Gasteiger partial charge < -0.3 is 19.8 Å². The van der Waals surface area contributed by atoms with Crippen molar-refractivity contribution < 1.29 is 19.1 Å². The summed E-state index contributed by atoms with van der Waals surface area (Å²) < 4.78 is 11.6. The normalized spacial score (nSPS) is 10.6. The highest BCUT2D eigenvalue weighted by Gasteiger charge is 2.28. The Morgan fingerprint density at radius 2 is 1.74 bits per heavy atom. The van der Waals surface area contributed by atoms with E-state index in [4.69, 9.17) is 27.4 Å². The van der Waals surface area contributed by atoms with Crippen molar-refractivity contribution >= 4 is 40.0 Å². The van der Waals surface area contributed by atoms with Crippen LogP contribution in [0.2, 0.25) is 0 Å². The van der Waals surface area contributed by atoms with Crippen molar-refractivity contribution in [3.8, 4) is 0 Å². The maximum absolute atomic E-state index is 12.5. The Labute approximate surface area is 161 Å². The zero-order chi connectivity index (χ0) is 19.6. The van der Waals surface area contributed by atoms with Gasteiger partial charge in [-0.15, -0.1) is 0 Å². The minimum absolute atomic E-state index is 0.145. The van der Waals surface area contributed by atoms with E-state index in [1.807, 2.05) is 36.4 Å². The Bertz CT molecular complexity index is 1060. The molecule has 0 saturated heterocycles. The quantitative estimate of drug-likeness (QED) is 0.540. The molecule has 1 heterocycles. The second-order valence-electron chi connectivity index (χ2n) is 5.87. The fraction of sp³-hybridized carbons (Fsp3) is 0.150. The summed E-state index contributed by atoms with van der Waals surface area (Å²) in [6.07, 6.45) is 0. The van der Waals surface area contributed by atoms with Gasteiger partial charge in [-0.3, -0.25) is 0 Å². The topological polar surface area (TPSA) is 83.6 Å². The molecule has 3 rings (SSSR count). The number of methoxy groups -OCH3 is 2. The first-order valence-electron chi connectivity index (χ1n) is 8.14. The van der Waals surface area contributed by atoms with Crippen LogP contribution in [0.4, 0.5) is 0 Å². The number of fused-ring (bicyclic) bond motifs is 1. The number of nitrogens with zero attached hydrogens (tertiary/aromatic N) is 1. The molecule has 6 nitrogen and oxygen atoms in total. The smallest absolute Gasteiger partial charge is 0.355 e. The van der Waals surface area contributed by atoms with Crippen LogP contribution in [0.15, 0.2) is 48.5 Å². The average molecular weight is 382 g/mol. The molecule has 0 fully saturated rings. The second-order valence-corrected chi connectivity index (χ2v) is 6.31. The van der Waals surface area contributed by atoms with Gasteiger partial charge in [0.05, 0.1) is 14.2 Å². The van der Waals surface area contributed by atoms with Gasteiger partial charge in [0.25, 0.3) is 0 Å². The second kappa shape index (κ2) is 7.59. The van der Waals surface area contributed by atoms with E-state index >= 15 is 0 Å². The fourth-order valence-corrected chi connectivity index (χ4v) is 3.22. The van der Waals surface area contributed by atoms with Gasteiger partial charge in [0, 0.05) is 23.0 Å². The van der Waals surface area contributed by atoms with Crippen molar-refractivity contribution in [2.75, 3.05) is 14.2 Å². The number of carbonyl (C=O) groups is 2. The number of benzene rings is 2. The molecule has 3 aromatic rings. The summed E-state index contributed by atoms with van der Waals surface area (Å²) in [6, 6.07) is 14.7. The zero-order valence-corrected chi connectivity index (χ0v) is 15.7. The molecule has 27 heavy (non-hydrogen) atoms. The number of hydrogen-bond donors (Lipinski definition) is 1. The summed E-state index contributed by atoms with van der Waals surface area (Å²) >= 11 is 5.04. The number of para-hydroxylation sites is 1. The molecule has 7 heteroatoms. The van der Waals surface area contributed by atoms with Crippen LogP contribution in [0.1, 0.15) is 32.0 Å². The molecule has 2 aromatic carbocycles. The molecule has 0 unspecified atom stereocenters. The number of carbonyl (C=O) groups excluding carboxylic acids is 2. The van der Waals surface area contributed by atoms with Crippen molar-refractivity contribution in [2.24, 2.45) is 5.73 Å². The lowest BCUT2D eigenvalue weighted by molar-refractivity contribution is 0.0549. The maximum atomic E-state index is 12.5. The van der Waals surface area contributed by atoms with Crippen LogP contribution in [0.3, 0.4) is 0 Å². The Morgan fingerprint density at radius 1 is 1.04 bits per heavy atom. The molecular weight excluding hydrogens is 364 g/mol. The van der Waals surface area contributed by atoms with E-state index < -0.39 is 11.9 Å². The van der Waals surface area contributed by atoms with E-state index in [2.05, 4.69) is 0 Å². The van der Waals surface area contributed by atoms with E-state index in [0.717, 1.165) is 16.6 Å². The Kier molecular flexibility index (Phi) is 5.23. The molecule has 0 aliphatic heterocycles. The zero-order valence-electron chi connectivity index (χ0n) is 14.9. The number of aromatic nitrogens is 1. The van der Waals surface area contributed by atoms with Gasteiger partial charge in [0.15, 0.2) is 0 Å². The molecular formula is C20H18N2O4S. The van der Waals surface area contributed by atoms with Gasteiger partial charge in [-0.2, -0.15) is 0 Å². The van der Waals surface area contributed by atoms with Gasteiger partial charge in [0.2, 0.25) is 0 Å². The number of ether oxygens (including phenoxy) is 2. The van der Waals surface area contributed by atoms with Crippen molar-refractivity contribution in [3.63, 3.8) is 0 Å². The molecule has 0 saturated carbocycles. The van der Waals surface area contributed by atoms with Crippen molar-refractivity contribution in [3.05, 3.63) is 70.9 Å². The lowest BCUT2D eigenvalue weighted by Gasteiger charge is -2.11. The molecule has 0 aliphatic carbocycles. The highest BCUT2D eigenvalue weighted by atomic mass is 32.1. The third kappa shape index (κ3) is 3.41. The molecule has 0 bridgehead atoms. The minimum atomic E-state index is -0.614. The van der Waals surface area contributed by atoms with Gasteiger partial charge in [-0.1, -0.05) is 48.6 Å². The molecule has 2 N–H and O–H groups in total. The van der Waals surface area contributed by atoms with Crippen LogP contribution in [-0.4, -0.2) is 35.7 Å². The Balaban J connectivity index is 2.25. The van der Waals surface area contributed by atoms with Gasteiger partial charge in [-0.25, -0.2) is 9.59 Å². The molecule has 138 valence electrons. The number of nitrogens with two attached hydrogens (primary N) is 1. The summed E-state index contributed by atoms with van der Waals surface area (Å²) in [7, 11) is 2.56. The lowest BCUT2D eigenvalue weighted by atomic mass is 10.1. The molecule has 0 amide bonds. The first-order chi connectivity index (χ1) is 13.0. The van der Waals surface area contributed by atoms with Crippen LogP contribution < -0.4 is 5.73 Å². The first-order valence-corrected chi connectivity index (χ1v) is 8.55. The van der Waals surface area contributed by atoms with E-state index in [-0.39, 0.29) is 16.2 Å². The summed E-state index contributed by atoms with van der Waals surface area (Å²) in [5.41, 5.74) is 8.37. The lowest BCUT2D eigenvalue weighted by Crippen LogP contribution is -2.16. The molecule has 0 spiro atoms. The predicted octanol–water partition coefficient (Wildman–Crippen LogP) is 2.90. The van der Waals surface area contributed by atoms with E-state index in [0.29, 0.717) is 11.9 Å². The van der Waals surface area contributed by atoms with Crippen LogP contribution >= 0.6 is 12.2 Å². The van der Waals surface area contributed by atoms with Crippen molar-refractivity contribution in [1.29, 1.82) is 0 Å². The highest BCUT2D eigenvalue weighted by molar-refractivity contribution is 7.80. The van der Waals surface area contributed by atoms with Crippen LogP contribution in [0.25, 0.3) is 10.9 Å². The van der Waals surface area contributed by atoms with Crippen molar-refractivity contribution in [2.45, 2.75) is 6.54 Å². The predicted molar refractivity (Wildman–Crippen MR) is 106 cm³/mol. The largest absolute Gasteiger partial charge is 0.465 e. The number of rotatable bonds is 5. The molecule has 0 radical (unpaired) electrons. The third-order valence-corrected chi connectivity index (χ3v) is 4.53. The van der Waals surface area contributed by atoms with Crippen LogP contribution in [-0.2, 0) is 16.0 Å². The van der Waals surface area contributed by atoms with Gasteiger partial charge >= 0.3 is 11.9 Å². The highest BCUT2D eigenvalue weighted by Crippen LogP contribution is 2.28. The maximum Gasteiger partial charge on any atom is 0.355 e. The standard InChI is InChI=1S/C20H18N2O4S/c1-25-19(23)16-14-8-3-4-9-15(14)22(17(16)20(24)26-2)11-12-6-5-7-13(10-12)18(21)27/h3-10H,11H2,1-2H3,(H2,21,27). The number of hydrogen-bond acceptors (Lipinski definition) is 5. The first kappa shape index (κ1) is 18.6. The van der Waals surface area contributed by atoms with Crippen LogP contribution in [0, 0.1) is 0 Å². The number of esters is 2. The monoisotopic (exact) mass is 382 g/mol. The molecule has 0 aliphatic rings. The third-order valence-electron chi connectivity index (χ3n) is 4.29. The van der Waals surface area contributed by atoms with Crippen LogP contribution in [0.5, 0.6) is 0 Å². The van der Waals surface area contributed by atoms with Gasteiger partial charge in [-0.05, 0) is 17.7 Å². The fourth-order valence-electron chi connectivity index (χ4n) is 3.09. The van der Waals surface area contributed by atoms with Gasteiger partial charge in [0.1, 0.15) is 16.2 Å². The minimum Gasteiger partial charge on any atom is -0.465 e. The molecule has 1 aromatic heterocycles. The molecule has 0 atom stereocenters. The summed E-state index contributed by atoms with van der Waals surface area (Å²) in [6.45, 7) is 0.332.